The van der Waals surface area contributed by atoms with Crippen molar-refractivity contribution in [2.45, 2.75) is 51.7 Å². The van der Waals surface area contributed by atoms with Gasteiger partial charge in [-0.3, -0.25) is 4.79 Å². The van der Waals surface area contributed by atoms with E-state index in [0.717, 1.165) is 19.3 Å². The maximum absolute atomic E-state index is 10.7. The first-order chi connectivity index (χ1) is 11.6. The van der Waals surface area contributed by atoms with Gasteiger partial charge in [0.05, 0.1) is 12.1 Å². The van der Waals surface area contributed by atoms with E-state index in [4.69, 9.17) is 10.5 Å². The van der Waals surface area contributed by atoms with E-state index in [2.05, 4.69) is 17.2 Å². The number of aryl methyl sites for hydroxylation is 2. The molecule has 1 aromatic heterocycles. The van der Waals surface area contributed by atoms with Crippen LogP contribution in [0.15, 0.2) is 30.3 Å². The molecule has 6 nitrogen and oxygen atoms in total. The van der Waals surface area contributed by atoms with Gasteiger partial charge in [-0.25, -0.2) is 4.68 Å². The molecule has 2 unspecified atom stereocenters. The molecule has 0 saturated heterocycles. The zero-order valence-corrected chi connectivity index (χ0v) is 14.2. The fourth-order valence-electron chi connectivity index (χ4n) is 2.87. The van der Waals surface area contributed by atoms with Gasteiger partial charge in [-0.15, -0.1) is 0 Å². The maximum Gasteiger partial charge on any atom is 0.298 e. The second-order valence-electron chi connectivity index (χ2n) is 5.86. The third kappa shape index (κ3) is 4.14. The van der Waals surface area contributed by atoms with E-state index in [1.54, 1.807) is 11.6 Å². The van der Waals surface area contributed by atoms with Crippen LogP contribution in [0.3, 0.4) is 0 Å². The SMILES string of the molecule is CCc1nn(C(CCCc2ccccc2)C(C)O)c(N)c1OC=O. The molecule has 0 amide bonds. The summed E-state index contributed by atoms with van der Waals surface area (Å²) in [5.41, 5.74) is 7.97. The van der Waals surface area contributed by atoms with Gasteiger partial charge in [-0.1, -0.05) is 37.3 Å². The number of nitrogen functional groups attached to an aromatic ring is 1. The first-order valence-corrected chi connectivity index (χ1v) is 8.27. The minimum atomic E-state index is -0.614. The molecular formula is C18H25N3O3. The summed E-state index contributed by atoms with van der Waals surface area (Å²) in [6.07, 6.45) is 2.52. The van der Waals surface area contributed by atoms with E-state index >= 15 is 0 Å². The van der Waals surface area contributed by atoms with Crippen LogP contribution in [0.2, 0.25) is 0 Å². The maximum atomic E-state index is 10.7. The Labute approximate surface area is 142 Å². The van der Waals surface area contributed by atoms with Gasteiger partial charge in [0.25, 0.3) is 6.47 Å². The summed E-state index contributed by atoms with van der Waals surface area (Å²) in [7, 11) is 0. The summed E-state index contributed by atoms with van der Waals surface area (Å²) < 4.78 is 6.56. The molecule has 0 bridgehead atoms. The molecule has 130 valence electrons. The van der Waals surface area contributed by atoms with Crippen molar-refractivity contribution in [3.05, 3.63) is 41.6 Å². The Balaban J connectivity index is 2.14. The topological polar surface area (TPSA) is 90.4 Å². The minimum absolute atomic E-state index is 0.261. The van der Waals surface area contributed by atoms with Gasteiger partial charge < -0.3 is 15.6 Å². The van der Waals surface area contributed by atoms with E-state index in [9.17, 15) is 9.90 Å². The molecule has 3 N–H and O–H groups in total. The van der Waals surface area contributed by atoms with Gasteiger partial charge in [-0.2, -0.15) is 5.10 Å². The number of carbonyl (C=O) groups excluding carboxylic acids is 1. The van der Waals surface area contributed by atoms with Crippen LogP contribution >= 0.6 is 0 Å². The zero-order valence-electron chi connectivity index (χ0n) is 14.2. The van der Waals surface area contributed by atoms with Gasteiger partial charge in [0.15, 0.2) is 11.6 Å². The van der Waals surface area contributed by atoms with Crippen molar-refractivity contribution in [2.75, 3.05) is 5.73 Å². The molecule has 2 atom stereocenters. The standard InChI is InChI=1S/C18H25N3O3/c1-3-15-17(24-12-22)18(19)21(20-15)16(13(2)23)11-7-10-14-8-5-4-6-9-14/h4-6,8-9,12-13,16,23H,3,7,10-11,19H2,1-2H3. The lowest BCUT2D eigenvalue weighted by Gasteiger charge is -2.21. The van der Waals surface area contributed by atoms with Crippen molar-refractivity contribution in [2.24, 2.45) is 0 Å². The van der Waals surface area contributed by atoms with E-state index in [0.29, 0.717) is 24.3 Å². The molecule has 0 aliphatic heterocycles. The van der Waals surface area contributed by atoms with Gasteiger partial charge in [0, 0.05) is 0 Å². The van der Waals surface area contributed by atoms with Gasteiger partial charge in [-0.05, 0) is 38.2 Å². The molecule has 0 fully saturated rings. The third-order valence-corrected chi connectivity index (χ3v) is 4.15. The number of rotatable bonds is 9. The highest BCUT2D eigenvalue weighted by molar-refractivity contribution is 5.57. The third-order valence-electron chi connectivity index (χ3n) is 4.15. The Kier molecular flexibility index (Phi) is 6.37. The van der Waals surface area contributed by atoms with Crippen molar-refractivity contribution in [3.63, 3.8) is 0 Å². The van der Waals surface area contributed by atoms with Crippen LogP contribution in [-0.2, 0) is 17.6 Å². The van der Waals surface area contributed by atoms with Crippen LogP contribution in [0.5, 0.6) is 5.75 Å². The average Bonchev–Trinajstić information content (AvgIpc) is 2.89. The van der Waals surface area contributed by atoms with Crippen LogP contribution in [-0.4, -0.2) is 27.5 Å². The van der Waals surface area contributed by atoms with Crippen LogP contribution in [0.4, 0.5) is 5.82 Å². The lowest BCUT2D eigenvalue weighted by molar-refractivity contribution is -0.120. The summed E-state index contributed by atoms with van der Waals surface area (Å²) in [5, 5.41) is 14.6. The Morgan fingerprint density at radius 2 is 2.08 bits per heavy atom. The first kappa shape index (κ1) is 18.0. The highest BCUT2D eigenvalue weighted by Gasteiger charge is 2.25. The zero-order chi connectivity index (χ0) is 17.5. The molecule has 0 radical (unpaired) electrons. The number of hydrogen-bond acceptors (Lipinski definition) is 5. The summed E-state index contributed by atoms with van der Waals surface area (Å²) >= 11 is 0. The van der Waals surface area contributed by atoms with Crippen molar-refractivity contribution in [3.8, 4) is 5.75 Å². The number of nitrogens with two attached hydrogens (primary N) is 1. The Morgan fingerprint density at radius 1 is 1.38 bits per heavy atom. The quantitative estimate of drug-likeness (QED) is 0.689. The smallest absolute Gasteiger partial charge is 0.298 e. The fraction of sp³-hybridized carbons (Fsp3) is 0.444. The molecule has 2 rings (SSSR count). The Morgan fingerprint density at radius 3 is 2.67 bits per heavy atom. The summed E-state index contributed by atoms with van der Waals surface area (Å²) in [6.45, 7) is 3.99. The van der Waals surface area contributed by atoms with Gasteiger partial charge in [0.2, 0.25) is 0 Å². The normalized spacial score (nSPS) is 13.5. The number of ether oxygens (including phenoxy) is 1. The first-order valence-electron chi connectivity index (χ1n) is 8.27. The summed E-state index contributed by atoms with van der Waals surface area (Å²) in [5.74, 6) is 0.575. The van der Waals surface area contributed by atoms with Crippen LogP contribution in [0.1, 0.15) is 44.0 Å². The van der Waals surface area contributed by atoms with E-state index in [-0.39, 0.29) is 11.9 Å². The summed E-state index contributed by atoms with van der Waals surface area (Å²) in [4.78, 5) is 10.7. The van der Waals surface area contributed by atoms with Crippen LogP contribution < -0.4 is 10.5 Å². The molecule has 0 saturated carbocycles. The number of aliphatic hydroxyl groups excluding tert-OH is 1. The number of benzene rings is 1. The second-order valence-corrected chi connectivity index (χ2v) is 5.86. The number of carbonyl (C=O) groups is 1. The molecule has 0 aliphatic carbocycles. The molecule has 24 heavy (non-hydrogen) atoms. The largest absolute Gasteiger partial charge is 0.423 e. The fourth-order valence-corrected chi connectivity index (χ4v) is 2.87. The Hall–Kier alpha value is -2.34. The van der Waals surface area contributed by atoms with E-state index < -0.39 is 6.10 Å². The number of aliphatic hydroxyl groups is 1. The Bertz CT molecular complexity index is 653. The molecule has 6 heteroatoms. The number of anilines is 1. The lowest BCUT2D eigenvalue weighted by Crippen LogP contribution is -2.24. The molecular weight excluding hydrogens is 306 g/mol. The number of hydrogen-bond donors (Lipinski definition) is 2. The second kappa shape index (κ2) is 8.49. The lowest BCUT2D eigenvalue weighted by atomic mass is 10.0. The molecule has 1 heterocycles. The highest BCUT2D eigenvalue weighted by atomic mass is 16.5. The van der Waals surface area contributed by atoms with E-state index in [1.807, 2.05) is 25.1 Å². The molecule has 0 aliphatic rings. The minimum Gasteiger partial charge on any atom is -0.423 e. The highest BCUT2D eigenvalue weighted by Crippen LogP contribution is 2.32. The number of nitrogens with zero attached hydrogens (tertiary/aromatic N) is 2. The molecule has 2 aromatic rings. The summed E-state index contributed by atoms with van der Waals surface area (Å²) in [6, 6.07) is 9.94. The van der Waals surface area contributed by atoms with Crippen LogP contribution in [0.25, 0.3) is 0 Å². The van der Waals surface area contributed by atoms with Crippen LogP contribution in [0, 0.1) is 0 Å². The average molecular weight is 331 g/mol. The van der Waals surface area contributed by atoms with Crippen molar-refractivity contribution in [1.82, 2.24) is 9.78 Å². The van der Waals surface area contributed by atoms with Crippen molar-refractivity contribution >= 4 is 12.3 Å². The number of aromatic nitrogens is 2. The monoisotopic (exact) mass is 331 g/mol. The van der Waals surface area contributed by atoms with E-state index in [1.165, 1.54) is 5.56 Å². The van der Waals surface area contributed by atoms with Gasteiger partial charge >= 0.3 is 0 Å². The van der Waals surface area contributed by atoms with Crippen molar-refractivity contribution < 1.29 is 14.6 Å². The predicted molar refractivity (Wildman–Crippen MR) is 92.8 cm³/mol. The van der Waals surface area contributed by atoms with Gasteiger partial charge in [0.1, 0.15) is 5.69 Å². The molecule has 1 aromatic carbocycles. The predicted octanol–water partition coefficient (Wildman–Crippen LogP) is 2.51. The van der Waals surface area contributed by atoms with Crippen molar-refractivity contribution in [1.29, 1.82) is 0 Å². The molecule has 0 spiro atoms.